The van der Waals surface area contributed by atoms with Crippen LogP contribution in [0, 0.1) is 0 Å². The van der Waals surface area contributed by atoms with Gasteiger partial charge in [-0.05, 0) is 69.9 Å². The number of anilines is 1. The van der Waals surface area contributed by atoms with E-state index in [4.69, 9.17) is 5.73 Å². The number of nitrogens with two attached hydrogens (primary N) is 1. The van der Waals surface area contributed by atoms with E-state index < -0.39 is 10.0 Å². The zero-order valence-electron chi connectivity index (χ0n) is 10.8. The van der Waals surface area contributed by atoms with E-state index in [-0.39, 0.29) is 10.9 Å². The summed E-state index contributed by atoms with van der Waals surface area (Å²) >= 11 is 4.84. The molecule has 20 heavy (non-hydrogen) atoms. The van der Waals surface area contributed by atoms with Gasteiger partial charge in [0.1, 0.15) is 0 Å². The van der Waals surface area contributed by atoms with Crippen LogP contribution in [0.2, 0.25) is 0 Å². The van der Waals surface area contributed by atoms with Crippen molar-refractivity contribution in [1.82, 2.24) is 4.72 Å². The van der Waals surface area contributed by atoms with Gasteiger partial charge in [0.2, 0.25) is 10.0 Å². The number of sulfonamides is 1. The number of hydrogen-bond acceptors (Lipinski definition) is 4. The molecule has 108 valence electrons. The average molecular weight is 375 g/mol. The van der Waals surface area contributed by atoms with Crippen LogP contribution in [0.25, 0.3) is 0 Å². The van der Waals surface area contributed by atoms with Crippen LogP contribution in [0.4, 0.5) is 5.69 Å². The monoisotopic (exact) mass is 374 g/mol. The Hall–Kier alpha value is -0.890. The highest BCUT2D eigenvalue weighted by molar-refractivity contribution is 9.10. The van der Waals surface area contributed by atoms with Crippen LogP contribution in [0.1, 0.15) is 12.5 Å². The maximum absolute atomic E-state index is 12.3. The van der Waals surface area contributed by atoms with Crippen molar-refractivity contribution in [3.05, 3.63) is 45.1 Å². The van der Waals surface area contributed by atoms with Crippen LogP contribution >= 0.6 is 27.3 Å². The van der Waals surface area contributed by atoms with Gasteiger partial charge in [-0.1, -0.05) is 0 Å². The SMILES string of the molecule is CC(Cc1ccsc1)NS(=O)(=O)c1ccc(N)c(Br)c1. The fraction of sp³-hybridized carbons (Fsp3) is 0.231. The Labute approximate surface area is 131 Å². The Morgan fingerprint density at radius 2 is 2.15 bits per heavy atom. The Kier molecular flexibility index (Phi) is 4.85. The summed E-state index contributed by atoms with van der Waals surface area (Å²) in [5.41, 5.74) is 7.30. The molecule has 0 aliphatic heterocycles. The summed E-state index contributed by atoms with van der Waals surface area (Å²) in [5, 5.41) is 4.00. The largest absolute Gasteiger partial charge is 0.398 e. The lowest BCUT2D eigenvalue weighted by molar-refractivity contribution is 0.560. The molecule has 0 bridgehead atoms. The van der Waals surface area contributed by atoms with E-state index in [1.54, 1.807) is 17.4 Å². The predicted octanol–water partition coefficient (Wildman–Crippen LogP) is 3.00. The number of nitrogens with one attached hydrogen (secondary N) is 1. The standard InChI is InChI=1S/C13H15BrN2O2S2/c1-9(6-10-4-5-19-8-10)16-20(17,18)11-2-3-13(15)12(14)7-11/h2-5,7-9,16H,6,15H2,1H3. The quantitative estimate of drug-likeness (QED) is 0.790. The lowest BCUT2D eigenvalue weighted by atomic mass is 10.1. The van der Waals surface area contributed by atoms with E-state index >= 15 is 0 Å². The highest BCUT2D eigenvalue weighted by Gasteiger charge is 2.18. The molecule has 0 radical (unpaired) electrons. The van der Waals surface area contributed by atoms with Gasteiger partial charge in [0, 0.05) is 16.2 Å². The van der Waals surface area contributed by atoms with Gasteiger partial charge in [0.15, 0.2) is 0 Å². The molecule has 0 spiro atoms. The van der Waals surface area contributed by atoms with Gasteiger partial charge < -0.3 is 5.73 Å². The second-order valence-electron chi connectivity index (χ2n) is 4.54. The number of hydrogen-bond donors (Lipinski definition) is 2. The van der Waals surface area contributed by atoms with Crippen LogP contribution in [0.5, 0.6) is 0 Å². The van der Waals surface area contributed by atoms with Gasteiger partial charge in [-0.25, -0.2) is 13.1 Å². The molecule has 1 unspecified atom stereocenters. The van der Waals surface area contributed by atoms with E-state index in [0.29, 0.717) is 16.6 Å². The van der Waals surface area contributed by atoms with E-state index in [2.05, 4.69) is 20.7 Å². The topological polar surface area (TPSA) is 72.2 Å². The van der Waals surface area contributed by atoms with Crippen molar-refractivity contribution in [2.24, 2.45) is 0 Å². The van der Waals surface area contributed by atoms with Crippen molar-refractivity contribution in [2.45, 2.75) is 24.3 Å². The first-order chi connectivity index (χ1) is 9.38. The second-order valence-corrected chi connectivity index (χ2v) is 7.89. The van der Waals surface area contributed by atoms with Gasteiger partial charge in [0.25, 0.3) is 0 Å². The molecule has 0 aliphatic carbocycles. The van der Waals surface area contributed by atoms with Crippen LogP contribution in [-0.2, 0) is 16.4 Å². The average Bonchev–Trinajstić information content (AvgIpc) is 2.84. The maximum atomic E-state index is 12.3. The highest BCUT2D eigenvalue weighted by Crippen LogP contribution is 2.23. The van der Waals surface area contributed by atoms with Gasteiger partial charge in [-0.2, -0.15) is 11.3 Å². The molecule has 0 amide bonds. The van der Waals surface area contributed by atoms with Crippen molar-refractivity contribution in [2.75, 3.05) is 5.73 Å². The molecule has 0 aliphatic rings. The minimum Gasteiger partial charge on any atom is -0.398 e. The minimum absolute atomic E-state index is 0.175. The molecule has 1 aromatic carbocycles. The summed E-state index contributed by atoms with van der Waals surface area (Å²) < 4.78 is 27.8. The molecular weight excluding hydrogens is 360 g/mol. The number of rotatable bonds is 5. The molecule has 1 atom stereocenters. The highest BCUT2D eigenvalue weighted by atomic mass is 79.9. The van der Waals surface area contributed by atoms with Crippen molar-refractivity contribution >= 4 is 43.0 Å². The predicted molar refractivity (Wildman–Crippen MR) is 86.4 cm³/mol. The molecule has 0 fully saturated rings. The van der Waals surface area contributed by atoms with Gasteiger partial charge in [-0.15, -0.1) is 0 Å². The first-order valence-electron chi connectivity index (χ1n) is 5.97. The Bertz CT molecular complexity index is 684. The summed E-state index contributed by atoms with van der Waals surface area (Å²) in [7, 11) is -3.53. The van der Waals surface area contributed by atoms with E-state index in [9.17, 15) is 8.42 Å². The van der Waals surface area contributed by atoms with Crippen LogP contribution < -0.4 is 10.5 Å². The Balaban J connectivity index is 2.12. The van der Waals surface area contributed by atoms with Crippen LogP contribution in [0.3, 0.4) is 0 Å². The smallest absolute Gasteiger partial charge is 0.240 e. The van der Waals surface area contributed by atoms with Gasteiger partial charge in [0.05, 0.1) is 4.90 Å². The molecule has 7 heteroatoms. The fourth-order valence-electron chi connectivity index (χ4n) is 1.81. The van der Waals surface area contributed by atoms with E-state index in [1.807, 2.05) is 23.8 Å². The van der Waals surface area contributed by atoms with Crippen molar-refractivity contribution < 1.29 is 8.42 Å². The number of benzene rings is 1. The van der Waals surface area contributed by atoms with Gasteiger partial charge >= 0.3 is 0 Å². The molecule has 1 heterocycles. The first-order valence-corrected chi connectivity index (χ1v) is 9.19. The summed E-state index contributed by atoms with van der Waals surface area (Å²) in [6.07, 6.45) is 0.666. The summed E-state index contributed by atoms with van der Waals surface area (Å²) in [6.45, 7) is 1.85. The first kappa shape index (κ1) is 15.5. The number of halogens is 1. The summed E-state index contributed by atoms with van der Waals surface area (Å²) in [4.78, 5) is 0.204. The molecule has 2 rings (SSSR count). The number of thiophene rings is 1. The van der Waals surface area contributed by atoms with Gasteiger partial charge in [-0.3, -0.25) is 0 Å². The van der Waals surface area contributed by atoms with E-state index in [0.717, 1.165) is 5.56 Å². The van der Waals surface area contributed by atoms with Crippen LogP contribution in [0.15, 0.2) is 44.4 Å². The molecule has 2 aromatic rings. The van der Waals surface area contributed by atoms with E-state index in [1.165, 1.54) is 12.1 Å². The maximum Gasteiger partial charge on any atom is 0.240 e. The van der Waals surface area contributed by atoms with Crippen molar-refractivity contribution in [1.29, 1.82) is 0 Å². The van der Waals surface area contributed by atoms with Crippen molar-refractivity contribution in [3.63, 3.8) is 0 Å². The number of nitrogen functional groups attached to an aromatic ring is 1. The molecule has 3 N–H and O–H groups in total. The summed E-state index contributed by atoms with van der Waals surface area (Å²) in [6, 6.07) is 6.40. The summed E-state index contributed by atoms with van der Waals surface area (Å²) in [5.74, 6) is 0. The third-order valence-corrected chi connectivity index (χ3v) is 5.77. The van der Waals surface area contributed by atoms with Crippen molar-refractivity contribution in [3.8, 4) is 0 Å². The normalized spacial score (nSPS) is 13.3. The Morgan fingerprint density at radius 3 is 2.75 bits per heavy atom. The third-order valence-electron chi connectivity index (χ3n) is 2.76. The minimum atomic E-state index is -3.53. The molecule has 0 saturated carbocycles. The lowest BCUT2D eigenvalue weighted by Gasteiger charge is -2.14. The Morgan fingerprint density at radius 1 is 1.40 bits per heavy atom. The molecular formula is C13H15BrN2O2S2. The lowest BCUT2D eigenvalue weighted by Crippen LogP contribution is -2.34. The fourth-order valence-corrected chi connectivity index (χ4v) is 4.29. The molecule has 1 aromatic heterocycles. The van der Waals surface area contributed by atoms with Crippen LogP contribution in [-0.4, -0.2) is 14.5 Å². The second kappa shape index (κ2) is 6.26. The zero-order valence-corrected chi connectivity index (χ0v) is 14.1. The third kappa shape index (κ3) is 3.82. The molecule has 4 nitrogen and oxygen atoms in total. The zero-order chi connectivity index (χ0) is 14.8. The molecule has 0 saturated heterocycles.